The lowest BCUT2D eigenvalue weighted by Gasteiger charge is -2.25. The third-order valence-corrected chi connectivity index (χ3v) is 2.81. The molecule has 0 saturated heterocycles. The number of nitrogens with zero attached hydrogens (tertiary/aromatic N) is 1. The number of nitrogen functional groups attached to an aromatic ring is 1. The number of nitrogens with two attached hydrogens (primary N) is 1. The Hall–Kier alpha value is -1.49. The highest BCUT2D eigenvalue weighted by Crippen LogP contribution is 2.31. The van der Waals surface area contributed by atoms with Crippen molar-refractivity contribution in [2.75, 3.05) is 43.5 Å². The van der Waals surface area contributed by atoms with E-state index in [1.54, 1.807) is 6.07 Å². The molecular formula is C14H23FN2O2. The lowest BCUT2D eigenvalue weighted by atomic mass is 10.2. The topological polar surface area (TPSA) is 47.7 Å². The smallest absolute Gasteiger partial charge is 0.167 e. The Kier molecular flexibility index (Phi) is 6.42. The van der Waals surface area contributed by atoms with Gasteiger partial charge in [-0.3, -0.25) is 0 Å². The summed E-state index contributed by atoms with van der Waals surface area (Å²) in [5, 5.41) is 0. The third-order valence-electron chi connectivity index (χ3n) is 2.81. The van der Waals surface area contributed by atoms with Crippen molar-refractivity contribution in [3.8, 4) is 5.75 Å². The van der Waals surface area contributed by atoms with E-state index in [4.69, 9.17) is 15.2 Å². The molecule has 0 spiro atoms. The Bertz CT molecular complexity index is 399. The molecule has 0 fully saturated rings. The van der Waals surface area contributed by atoms with Gasteiger partial charge in [-0.05, 0) is 20.8 Å². The predicted molar refractivity (Wildman–Crippen MR) is 76.4 cm³/mol. The predicted octanol–water partition coefficient (Wildman–Crippen LogP) is 2.67. The van der Waals surface area contributed by atoms with Crippen molar-refractivity contribution in [1.82, 2.24) is 0 Å². The Morgan fingerprint density at radius 2 is 1.95 bits per heavy atom. The number of halogens is 1. The molecule has 0 aliphatic carbocycles. The van der Waals surface area contributed by atoms with Crippen LogP contribution in [0.4, 0.5) is 15.8 Å². The van der Waals surface area contributed by atoms with E-state index < -0.39 is 5.82 Å². The molecule has 0 heterocycles. The fraction of sp³-hybridized carbons (Fsp3) is 0.571. The number of hydrogen-bond acceptors (Lipinski definition) is 4. The fourth-order valence-electron chi connectivity index (χ4n) is 1.87. The zero-order chi connectivity index (χ0) is 14.3. The Morgan fingerprint density at radius 3 is 2.53 bits per heavy atom. The number of anilines is 2. The van der Waals surface area contributed by atoms with Gasteiger partial charge < -0.3 is 20.1 Å². The number of hydrogen-bond donors (Lipinski definition) is 1. The third kappa shape index (κ3) is 4.28. The number of benzene rings is 1. The highest BCUT2D eigenvalue weighted by atomic mass is 19.1. The zero-order valence-corrected chi connectivity index (χ0v) is 11.9. The molecule has 1 rings (SSSR count). The normalized spacial score (nSPS) is 10.5. The molecule has 0 bridgehead atoms. The van der Waals surface area contributed by atoms with Crippen LogP contribution in [0.25, 0.3) is 0 Å². The van der Waals surface area contributed by atoms with Crippen molar-refractivity contribution in [3.05, 3.63) is 17.9 Å². The minimum absolute atomic E-state index is 0.238. The molecule has 108 valence electrons. The number of rotatable bonds is 8. The molecule has 0 saturated carbocycles. The van der Waals surface area contributed by atoms with Crippen molar-refractivity contribution in [3.63, 3.8) is 0 Å². The van der Waals surface area contributed by atoms with E-state index in [9.17, 15) is 4.39 Å². The summed E-state index contributed by atoms with van der Waals surface area (Å²) < 4.78 is 24.2. The molecule has 0 amide bonds. The minimum Gasteiger partial charge on any atom is -0.491 e. The van der Waals surface area contributed by atoms with E-state index >= 15 is 0 Å². The van der Waals surface area contributed by atoms with Crippen LogP contribution in [0, 0.1) is 5.82 Å². The summed E-state index contributed by atoms with van der Waals surface area (Å²) >= 11 is 0. The van der Waals surface area contributed by atoms with Crippen LogP contribution in [-0.4, -0.2) is 32.9 Å². The molecule has 1 aromatic rings. The first-order valence-electron chi connectivity index (χ1n) is 6.68. The quantitative estimate of drug-likeness (QED) is 0.583. The first kappa shape index (κ1) is 15.6. The molecule has 0 unspecified atom stereocenters. The molecule has 1 aromatic carbocycles. The van der Waals surface area contributed by atoms with Crippen molar-refractivity contribution >= 4 is 11.4 Å². The molecule has 0 aromatic heterocycles. The lowest BCUT2D eigenvalue weighted by molar-refractivity contribution is 0.154. The van der Waals surface area contributed by atoms with E-state index in [-0.39, 0.29) is 5.75 Å². The van der Waals surface area contributed by atoms with Gasteiger partial charge in [0.05, 0.1) is 24.6 Å². The van der Waals surface area contributed by atoms with Gasteiger partial charge in [0.25, 0.3) is 0 Å². The summed E-state index contributed by atoms with van der Waals surface area (Å²) in [5.41, 5.74) is 7.09. The highest BCUT2D eigenvalue weighted by Gasteiger charge is 2.13. The monoisotopic (exact) mass is 270 g/mol. The molecule has 0 aliphatic rings. The van der Waals surface area contributed by atoms with E-state index in [0.29, 0.717) is 32.1 Å². The van der Waals surface area contributed by atoms with Crippen LogP contribution in [-0.2, 0) is 4.74 Å². The fourth-order valence-corrected chi connectivity index (χ4v) is 1.87. The van der Waals surface area contributed by atoms with E-state index in [2.05, 4.69) is 0 Å². The Morgan fingerprint density at radius 1 is 1.21 bits per heavy atom. The molecule has 0 radical (unpaired) electrons. The van der Waals surface area contributed by atoms with E-state index in [1.807, 2.05) is 25.7 Å². The SMILES string of the molecule is CCOCCN(CC)c1cc(OCC)c(F)cc1N. The second kappa shape index (κ2) is 7.84. The van der Waals surface area contributed by atoms with Gasteiger partial charge in [-0.2, -0.15) is 0 Å². The summed E-state index contributed by atoms with van der Waals surface area (Å²) in [6.07, 6.45) is 0. The number of ether oxygens (including phenoxy) is 2. The maximum absolute atomic E-state index is 13.6. The van der Waals surface area contributed by atoms with Crippen molar-refractivity contribution in [2.45, 2.75) is 20.8 Å². The van der Waals surface area contributed by atoms with Gasteiger partial charge in [-0.1, -0.05) is 0 Å². The first-order valence-corrected chi connectivity index (χ1v) is 6.68. The zero-order valence-electron chi connectivity index (χ0n) is 11.9. The summed E-state index contributed by atoms with van der Waals surface area (Å²) in [5.74, 6) is -0.189. The Labute approximate surface area is 114 Å². The molecular weight excluding hydrogens is 247 g/mol. The summed E-state index contributed by atoms with van der Waals surface area (Å²) in [6, 6.07) is 2.97. The van der Waals surface area contributed by atoms with Gasteiger partial charge in [0, 0.05) is 31.8 Å². The van der Waals surface area contributed by atoms with Gasteiger partial charge >= 0.3 is 0 Å². The number of likely N-dealkylation sites (N-methyl/N-ethyl adjacent to an activating group) is 1. The van der Waals surface area contributed by atoms with Crippen LogP contribution in [0.1, 0.15) is 20.8 Å². The van der Waals surface area contributed by atoms with Crippen LogP contribution >= 0.6 is 0 Å². The molecule has 5 heteroatoms. The Balaban J connectivity index is 2.92. The summed E-state index contributed by atoms with van der Waals surface area (Å²) in [6.45, 7) is 9.00. The van der Waals surface area contributed by atoms with Crippen LogP contribution in [0.15, 0.2) is 12.1 Å². The molecule has 4 nitrogen and oxygen atoms in total. The van der Waals surface area contributed by atoms with Gasteiger partial charge in [0.1, 0.15) is 0 Å². The standard InChI is InChI=1S/C14H23FN2O2/c1-4-17(7-8-18-5-2)13-10-14(19-6-3)11(15)9-12(13)16/h9-10H,4-8,16H2,1-3H3. The van der Waals surface area contributed by atoms with E-state index in [0.717, 1.165) is 12.2 Å². The van der Waals surface area contributed by atoms with Gasteiger partial charge in [0.2, 0.25) is 0 Å². The van der Waals surface area contributed by atoms with Gasteiger partial charge in [0.15, 0.2) is 11.6 Å². The second-order valence-corrected chi connectivity index (χ2v) is 4.05. The van der Waals surface area contributed by atoms with Crippen molar-refractivity contribution < 1.29 is 13.9 Å². The maximum atomic E-state index is 13.6. The lowest BCUT2D eigenvalue weighted by Crippen LogP contribution is -2.28. The molecule has 0 atom stereocenters. The van der Waals surface area contributed by atoms with Crippen molar-refractivity contribution in [1.29, 1.82) is 0 Å². The van der Waals surface area contributed by atoms with Crippen molar-refractivity contribution in [2.24, 2.45) is 0 Å². The first-order chi connectivity index (χ1) is 9.13. The molecule has 2 N–H and O–H groups in total. The minimum atomic E-state index is -0.427. The second-order valence-electron chi connectivity index (χ2n) is 4.05. The average molecular weight is 270 g/mol. The average Bonchev–Trinajstić information content (AvgIpc) is 2.39. The summed E-state index contributed by atoms with van der Waals surface area (Å²) in [7, 11) is 0. The summed E-state index contributed by atoms with van der Waals surface area (Å²) in [4.78, 5) is 2.05. The molecule has 0 aliphatic heterocycles. The largest absolute Gasteiger partial charge is 0.491 e. The van der Waals surface area contributed by atoms with Gasteiger partial charge in [-0.15, -0.1) is 0 Å². The van der Waals surface area contributed by atoms with Crippen LogP contribution < -0.4 is 15.4 Å². The van der Waals surface area contributed by atoms with E-state index in [1.165, 1.54) is 6.07 Å². The van der Waals surface area contributed by atoms with Crippen LogP contribution in [0.2, 0.25) is 0 Å². The molecule has 19 heavy (non-hydrogen) atoms. The maximum Gasteiger partial charge on any atom is 0.167 e. The van der Waals surface area contributed by atoms with Gasteiger partial charge in [-0.25, -0.2) is 4.39 Å². The van der Waals surface area contributed by atoms with Crippen LogP contribution in [0.5, 0.6) is 5.75 Å². The van der Waals surface area contributed by atoms with Crippen LogP contribution in [0.3, 0.4) is 0 Å². The highest BCUT2D eigenvalue weighted by molar-refractivity contribution is 5.70.